The first kappa shape index (κ1) is 21.0. The summed E-state index contributed by atoms with van der Waals surface area (Å²) in [7, 11) is 1.60. The molecule has 0 spiro atoms. The van der Waals surface area contributed by atoms with Crippen LogP contribution in [0.3, 0.4) is 0 Å². The van der Waals surface area contributed by atoms with E-state index in [9.17, 15) is 9.59 Å². The molecule has 1 atom stereocenters. The Bertz CT molecular complexity index is 749. The van der Waals surface area contributed by atoms with E-state index in [1.807, 2.05) is 36.4 Å². The van der Waals surface area contributed by atoms with Gasteiger partial charge in [0.1, 0.15) is 6.04 Å². The van der Waals surface area contributed by atoms with Crippen LogP contribution in [-0.2, 0) is 21.8 Å². The number of hydrogen-bond acceptors (Lipinski definition) is 3. The molecule has 2 aromatic carbocycles. The Morgan fingerprint density at radius 2 is 1.78 bits per heavy atom. The fraction of sp³-hybridized carbons (Fsp3) is 0.364. The number of nitrogens with zero attached hydrogens (tertiary/aromatic N) is 1. The van der Waals surface area contributed by atoms with Gasteiger partial charge < -0.3 is 10.2 Å². The summed E-state index contributed by atoms with van der Waals surface area (Å²) in [5.74, 6) is 1.01. The predicted octanol–water partition coefficient (Wildman–Crippen LogP) is 3.43. The fourth-order valence-corrected chi connectivity index (χ4v) is 3.78. The fourth-order valence-electron chi connectivity index (χ4n) is 2.92. The van der Waals surface area contributed by atoms with E-state index in [-0.39, 0.29) is 11.8 Å². The van der Waals surface area contributed by atoms with Gasteiger partial charge in [-0.1, -0.05) is 60.2 Å². The Labute approximate surface area is 166 Å². The molecule has 0 bridgehead atoms. The minimum Gasteiger partial charge on any atom is -0.357 e. The lowest BCUT2D eigenvalue weighted by molar-refractivity contribution is -0.137. The first-order valence-electron chi connectivity index (χ1n) is 9.19. The molecule has 2 rings (SSSR count). The van der Waals surface area contributed by atoms with Crippen molar-refractivity contribution in [3.05, 3.63) is 71.3 Å². The standard InChI is InChI=1S/C22H28N2O2S/c1-17-8-7-11-20(14-17)15-27-16-21(25)24(18(2)22(26)23-3)13-12-19-9-5-4-6-10-19/h4-11,14,18H,12-13,15-16H2,1-3H3,(H,23,26). The number of nitrogens with one attached hydrogen (secondary N) is 1. The van der Waals surface area contributed by atoms with Gasteiger partial charge in [-0.25, -0.2) is 0 Å². The third-order valence-electron chi connectivity index (χ3n) is 4.47. The number of hydrogen-bond donors (Lipinski definition) is 1. The van der Waals surface area contributed by atoms with Crippen LogP contribution in [0.2, 0.25) is 0 Å². The Kier molecular flexibility index (Phi) is 8.40. The van der Waals surface area contributed by atoms with Gasteiger partial charge in [-0.3, -0.25) is 9.59 Å². The summed E-state index contributed by atoms with van der Waals surface area (Å²) in [6.07, 6.45) is 0.733. The molecule has 4 nitrogen and oxygen atoms in total. The number of amides is 2. The summed E-state index contributed by atoms with van der Waals surface area (Å²) in [6, 6.07) is 17.9. The van der Waals surface area contributed by atoms with Gasteiger partial charge in [-0.15, -0.1) is 11.8 Å². The summed E-state index contributed by atoms with van der Waals surface area (Å²) >= 11 is 1.59. The number of aryl methyl sites for hydroxylation is 1. The van der Waals surface area contributed by atoms with E-state index in [1.54, 1.807) is 30.6 Å². The number of thioether (sulfide) groups is 1. The number of rotatable bonds is 9. The van der Waals surface area contributed by atoms with Crippen molar-refractivity contribution < 1.29 is 9.59 Å². The molecule has 5 heteroatoms. The monoisotopic (exact) mass is 384 g/mol. The van der Waals surface area contributed by atoms with Gasteiger partial charge in [0, 0.05) is 19.3 Å². The van der Waals surface area contributed by atoms with E-state index in [4.69, 9.17) is 0 Å². The minimum atomic E-state index is -0.481. The smallest absolute Gasteiger partial charge is 0.242 e. The highest BCUT2D eigenvalue weighted by molar-refractivity contribution is 7.99. The van der Waals surface area contributed by atoms with Crippen LogP contribution in [0.4, 0.5) is 0 Å². The van der Waals surface area contributed by atoms with Crippen molar-refractivity contribution >= 4 is 23.6 Å². The molecule has 2 amide bonds. The molecule has 144 valence electrons. The maximum atomic E-state index is 12.8. The van der Waals surface area contributed by atoms with Crippen LogP contribution in [-0.4, -0.2) is 42.1 Å². The van der Waals surface area contributed by atoms with Crippen LogP contribution in [0.25, 0.3) is 0 Å². The molecule has 0 radical (unpaired) electrons. The molecule has 0 saturated heterocycles. The number of benzene rings is 2. The van der Waals surface area contributed by atoms with Crippen LogP contribution in [0.1, 0.15) is 23.6 Å². The minimum absolute atomic E-state index is 0.000292. The van der Waals surface area contributed by atoms with Crippen molar-refractivity contribution in [2.45, 2.75) is 32.1 Å². The molecular formula is C22H28N2O2S. The largest absolute Gasteiger partial charge is 0.357 e. The quantitative estimate of drug-likeness (QED) is 0.721. The van der Waals surface area contributed by atoms with E-state index in [0.29, 0.717) is 12.3 Å². The molecular weight excluding hydrogens is 356 g/mol. The maximum Gasteiger partial charge on any atom is 0.242 e. The maximum absolute atomic E-state index is 12.8. The molecule has 0 heterocycles. The second-order valence-corrected chi connectivity index (χ2v) is 7.58. The van der Waals surface area contributed by atoms with E-state index in [2.05, 4.69) is 30.4 Å². The predicted molar refractivity (Wildman–Crippen MR) is 113 cm³/mol. The van der Waals surface area contributed by atoms with Crippen LogP contribution < -0.4 is 5.32 Å². The molecule has 27 heavy (non-hydrogen) atoms. The number of likely N-dealkylation sites (N-methyl/N-ethyl adjacent to an activating group) is 1. The van der Waals surface area contributed by atoms with Gasteiger partial charge in [0.05, 0.1) is 5.75 Å². The van der Waals surface area contributed by atoms with Crippen LogP contribution in [0, 0.1) is 6.92 Å². The molecule has 0 aromatic heterocycles. The number of carbonyl (C=O) groups excluding carboxylic acids is 2. The Balaban J connectivity index is 1.96. The summed E-state index contributed by atoms with van der Waals surface area (Å²) in [5, 5.41) is 2.65. The zero-order chi connectivity index (χ0) is 19.6. The first-order chi connectivity index (χ1) is 13.0. The molecule has 1 N–H and O–H groups in total. The highest BCUT2D eigenvalue weighted by atomic mass is 32.2. The lowest BCUT2D eigenvalue weighted by Crippen LogP contribution is -2.48. The van der Waals surface area contributed by atoms with Crippen molar-refractivity contribution in [1.29, 1.82) is 0 Å². The average Bonchev–Trinajstić information content (AvgIpc) is 2.68. The highest BCUT2D eigenvalue weighted by Gasteiger charge is 2.24. The van der Waals surface area contributed by atoms with Crippen LogP contribution in [0.5, 0.6) is 0 Å². The van der Waals surface area contributed by atoms with Crippen molar-refractivity contribution in [3.63, 3.8) is 0 Å². The molecule has 0 fully saturated rings. The molecule has 2 aromatic rings. The van der Waals surface area contributed by atoms with Crippen molar-refractivity contribution in [3.8, 4) is 0 Å². The van der Waals surface area contributed by atoms with Gasteiger partial charge in [0.15, 0.2) is 0 Å². The third-order valence-corrected chi connectivity index (χ3v) is 5.46. The molecule has 0 aliphatic rings. The molecule has 0 aliphatic heterocycles. The van der Waals surface area contributed by atoms with E-state index in [0.717, 1.165) is 17.7 Å². The molecule has 0 aliphatic carbocycles. The van der Waals surface area contributed by atoms with E-state index < -0.39 is 6.04 Å². The third kappa shape index (κ3) is 6.75. The lowest BCUT2D eigenvalue weighted by atomic mass is 10.1. The van der Waals surface area contributed by atoms with Gasteiger partial charge in [-0.2, -0.15) is 0 Å². The van der Waals surface area contributed by atoms with Crippen LogP contribution in [0.15, 0.2) is 54.6 Å². The Morgan fingerprint density at radius 3 is 2.44 bits per heavy atom. The summed E-state index contributed by atoms with van der Waals surface area (Å²) < 4.78 is 0. The SMILES string of the molecule is CNC(=O)C(C)N(CCc1ccccc1)C(=O)CSCc1cccc(C)c1. The second-order valence-electron chi connectivity index (χ2n) is 6.59. The van der Waals surface area contributed by atoms with Gasteiger partial charge in [0.2, 0.25) is 11.8 Å². The van der Waals surface area contributed by atoms with Crippen molar-refractivity contribution in [2.24, 2.45) is 0 Å². The highest BCUT2D eigenvalue weighted by Crippen LogP contribution is 2.15. The van der Waals surface area contributed by atoms with Crippen molar-refractivity contribution in [2.75, 3.05) is 19.3 Å². The van der Waals surface area contributed by atoms with Crippen LogP contribution >= 0.6 is 11.8 Å². The topological polar surface area (TPSA) is 49.4 Å². The first-order valence-corrected chi connectivity index (χ1v) is 10.3. The Hall–Kier alpha value is -2.27. The molecule has 1 unspecified atom stereocenters. The van der Waals surface area contributed by atoms with Gasteiger partial charge in [0.25, 0.3) is 0 Å². The van der Waals surface area contributed by atoms with E-state index in [1.165, 1.54) is 11.1 Å². The normalized spacial score (nSPS) is 11.7. The van der Waals surface area contributed by atoms with Crippen molar-refractivity contribution in [1.82, 2.24) is 10.2 Å². The summed E-state index contributed by atoms with van der Waals surface area (Å²) in [4.78, 5) is 26.6. The summed E-state index contributed by atoms with van der Waals surface area (Å²) in [6.45, 7) is 4.38. The van der Waals surface area contributed by atoms with Gasteiger partial charge >= 0.3 is 0 Å². The Morgan fingerprint density at radius 1 is 1.07 bits per heavy atom. The average molecular weight is 385 g/mol. The zero-order valence-electron chi connectivity index (χ0n) is 16.3. The van der Waals surface area contributed by atoms with Gasteiger partial charge in [-0.05, 0) is 31.4 Å². The summed E-state index contributed by atoms with van der Waals surface area (Å²) in [5.41, 5.74) is 3.59. The lowest BCUT2D eigenvalue weighted by Gasteiger charge is -2.28. The number of carbonyl (C=O) groups is 2. The second kappa shape index (κ2) is 10.8. The molecule has 0 saturated carbocycles. The zero-order valence-corrected chi connectivity index (χ0v) is 17.1. The van der Waals surface area contributed by atoms with E-state index >= 15 is 0 Å².